The highest BCUT2D eigenvalue weighted by atomic mass is 32.2. The van der Waals surface area contributed by atoms with Crippen molar-refractivity contribution < 1.29 is 17.9 Å². The van der Waals surface area contributed by atoms with Crippen LogP contribution in [0.4, 0.5) is 0 Å². The Kier molecular flexibility index (Phi) is 5.49. The Morgan fingerprint density at radius 2 is 1.56 bits per heavy atom. The number of ether oxygens (including phenoxy) is 1. The molecule has 1 aromatic rings. The van der Waals surface area contributed by atoms with E-state index in [1.54, 1.807) is 4.31 Å². The Labute approximate surface area is 150 Å². The average Bonchev–Trinajstić information content (AvgIpc) is 3.46. The molecule has 0 unspecified atom stereocenters. The molecule has 2 saturated carbocycles. The van der Waals surface area contributed by atoms with Crippen molar-refractivity contribution in [2.45, 2.75) is 68.8 Å². The van der Waals surface area contributed by atoms with Gasteiger partial charge in [-0.1, -0.05) is 13.3 Å². The molecule has 0 spiro atoms. The molecule has 0 heterocycles. The minimum absolute atomic E-state index is 0.112. The van der Waals surface area contributed by atoms with E-state index < -0.39 is 16.0 Å². The number of esters is 1. The van der Waals surface area contributed by atoms with Gasteiger partial charge in [-0.25, -0.2) is 13.2 Å². The SMILES string of the molecule is CCC1CCC(N(C2CC2)S(=O)(=O)c2ccc(C(=O)OC)cc2)CC1. The van der Waals surface area contributed by atoms with E-state index in [1.165, 1.54) is 37.8 Å². The van der Waals surface area contributed by atoms with Crippen LogP contribution in [0, 0.1) is 5.92 Å². The van der Waals surface area contributed by atoms with E-state index in [1.807, 2.05) is 0 Å². The Balaban J connectivity index is 1.82. The number of sulfonamides is 1. The number of rotatable bonds is 6. The quantitative estimate of drug-likeness (QED) is 0.723. The monoisotopic (exact) mass is 365 g/mol. The summed E-state index contributed by atoms with van der Waals surface area (Å²) in [6.45, 7) is 2.21. The molecule has 0 N–H and O–H groups in total. The number of hydrogen-bond donors (Lipinski definition) is 0. The molecule has 5 nitrogen and oxygen atoms in total. The van der Waals surface area contributed by atoms with Gasteiger partial charge in [-0.3, -0.25) is 0 Å². The van der Waals surface area contributed by atoms with Gasteiger partial charge in [0.2, 0.25) is 10.0 Å². The predicted octanol–water partition coefficient (Wildman–Crippen LogP) is 3.60. The Bertz CT molecular complexity index is 701. The number of carbonyl (C=O) groups excluding carboxylic acids is 1. The molecule has 25 heavy (non-hydrogen) atoms. The normalized spacial score (nSPS) is 24.3. The summed E-state index contributed by atoms with van der Waals surface area (Å²) in [4.78, 5) is 11.8. The van der Waals surface area contributed by atoms with Crippen LogP contribution in [0.3, 0.4) is 0 Å². The van der Waals surface area contributed by atoms with Crippen molar-refractivity contribution in [1.82, 2.24) is 4.31 Å². The molecular formula is C19H27NO4S. The Morgan fingerprint density at radius 3 is 2.00 bits per heavy atom. The van der Waals surface area contributed by atoms with Crippen LogP contribution in [0.2, 0.25) is 0 Å². The second kappa shape index (κ2) is 7.46. The molecule has 1 aromatic carbocycles. The maximum Gasteiger partial charge on any atom is 0.337 e. The van der Waals surface area contributed by atoms with Crippen LogP contribution in [-0.4, -0.2) is 37.9 Å². The van der Waals surface area contributed by atoms with Gasteiger partial charge >= 0.3 is 5.97 Å². The summed E-state index contributed by atoms with van der Waals surface area (Å²) in [6, 6.07) is 6.35. The van der Waals surface area contributed by atoms with Crippen molar-refractivity contribution in [3.05, 3.63) is 29.8 Å². The molecule has 0 bridgehead atoms. The summed E-state index contributed by atoms with van der Waals surface area (Å²) < 4.78 is 32.9. The van der Waals surface area contributed by atoms with Gasteiger partial charge in [0.25, 0.3) is 0 Å². The maximum atomic E-state index is 13.2. The number of nitrogens with zero attached hydrogens (tertiary/aromatic N) is 1. The van der Waals surface area contributed by atoms with Crippen LogP contribution in [0.25, 0.3) is 0 Å². The van der Waals surface area contributed by atoms with Crippen molar-refractivity contribution in [2.75, 3.05) is 7.11 Å². The fraction of sp³-hybridized carbons (Fsp3) is 0.632. The second-order valence-corrected chi connectivity index (χ2v) is 9.01. The number of methoxy groups -OCH3 is 1. The Morgan fingerprint density at radius 1 is 1.04 bits per heavy atom. The zero-order chi connectivity index (χ0) is 18.0. The molecule has 138 valence electrons. The van der Waals surface area contributed by atoms with Gasteiger partial charge in [-0.05, 0) is 68.7 Å². The average molecular weight is 365 g/mol. The maximum absolute atomic E-state index is 13.2. The molecule has 0 aromatic heterocycles. The molecular weight excluding hydrogens is 338 g/mol. The van der Waals surface area contributed by atoms with Crippen LogP contribution in [-0.2, 0) is 14.8 Å². The molecule has 2 fully saturated rings. The topological polar surface area (TPSA) is 63.7 Å². The third kappa shape index (κ3) is 3.90. The summed E-state index contributed by atoms with van der Waals surface area (Å²) in [5.74, 6) is 0.278. The third-order valence-corrected chi connectivity index (χ3v) is 7.53. The summed E-state index contributed by atoms with van der Waals surface area (Å²) in [5, 5.41) is 0. The minimum atomic E-state index is -3.53. The molecule has 0 radical (unpaired) electrons. The van der Waals surface area contributed by atoms with E-state index in [4.69, 9.17) is 0 Å². The predicted molar refractivity (Wildman–Crippen MR) is 95.9 cm³/mol. The summed E-state index contributed by atoms with van der Waals surface area (Å²) in [5.41, 5.74) is 0.364. The third-order valence-electron chi connectivity index (χ3n) is 5.51. The first kappa shape index (κ1) is 18.4. The van der Waals surface area contributed by atoms with Gasteiger partial charge in [0, 0.05) is 12.1 Å². The Hall–Kier alpha value is -1.40. The minimum Gasteiger partial charge on any atom is -0.465 e. The first-order chi connectivity index (χ1) is 12.0. The van der Waals surface area contributed by atoms with E-state index in [-0.39, 0.29) is 17.0 Å². The van der Waals surface area contributed by atoms with Crippen LogP contribution >= 0.6 is 0 Å². The fourth-order valence-corrected chi connectivity index (χ4v) is 5.76. The van der Waals surface area contributed by atoms with Crippen molar-refractivity contribution in [3.63, 3.8) is 0 Å². The van der Waals surface area contributed by atoms with E-state index in [9.17, 15) is 13.2 Å². The number of carbonyl (C=O) groups is 1. The highest BCUT2D eigenvalue weighted by molar-refractivity contribution is 7.89. The lowest BCUT2D eigenvalue weighted by atomic mass is 9.84. The zero-order valence-corrected chi connectivity index (χ0v) is 15.8. The van der Waals surface area contributed by atoms with Crippen molar-refractivity contribution >= 4 is 16.0 Å². The molecule has 3 rings (SSSR count). The summed E-state index contributed by atoms with van der Waals surface area (Å²) in [6.07, 6.45) is 7.21. The summed E-state index contributed by atoms with van der Waals surface area (Å²) >= 11 is 0. The first-order valence-corrected chi connectivity index (χ1v) is 10.6. The lowest BCUT2D eigenvalue weighted by molar-refractivity contribution is 0.0600. The second-order valence-electron chi connectivity index (χ2n) is 7.16. The van der Waals surface area contributed by atoms with E-state index in [0.29, 0.717) is 5.56 Å². The molecule has 2 aliphatic rings. The van der Waals surface area contributed by atoms with Gasteiger partial charge in [0.1, 0.15) is 0 Å². The molecule has 2 aliphatic carbocycles. The van der Waals surface area contributed by atoms with Crippen LogP contribution in [0.5, 0.6) is 0 Å². The van der Waals surface area contributed by atoms with Gasteiger partial charge in [-0.15, -0.1) is 0 Å². The largest absolute Gasteiger partial charge is 0.465 e. The van der Waals surface area contributed by atoms with Gasteiger partial charge in [-0.2, -0.15) is 4.31 Å². The van der Waals surface area contributed by atoms with Crippen molar-refractivity contribution in [1.29, 1.82) is 0 Å². The van der Waals surface area contributed by atoms with Crippen LogP contribution in [0.15, 0.2) is 29.2 Å². The fourth-order valence-electron chi connectivity index (χ4n) is 3.83. The van der Waals surface area contributed by atoms with E-state index in [0.717, 1.165) is 44.4 Å². The highest BCUT2D eigenvalue weighted by Crippen LogP contribution is 2.39. The summed E-state index contributed by atoms with van der Waals surface area (Å²) in [7, 11) is -2.22. The van der Waals surface area contributed by atoms with Gasteiger partial charge in [0.05, 0.1) is 17.6 Å². The molecule has 0 aliphatic heterocycles. The van der Waals surface area contributed by atoms with Gasteiger partial charge < -0.3 is 4.74 Å². The van der Waals surface area contributed by atoms with Gasteiger partial charge in [0.15, 0.2) is 0 Å². The highest BCUT2D eigenvalue weighted by Gasteiger charge is 2.43. The lowest BCUT2D eigenvalue weighted by Gasteiger charge is -2.36. The lowest BCUT2D eigenvalue weighted by Crippen LogP contribution is -2.43. The molecule has 6 heteroatoms. The van der Waals surface area contributed by atoms with Crippen molar-refractivity contribution in [2.24, 2.45) is 5.92 Å². The van der Waals surface area contributed by atoms with E-state index in [2.05, 4.69) is 11.7 Å². The number of benzene rings is 1. The van der Waals surface area contributed by atoms with E-state index >= 15 is 0 Å². The molecule has 0 saturated heterocycles. The molecule has 0 atom stereocenters. The smallest absolute Gasteiger partial charge is 0.337 e. The standard InChI is InChI=1S/C19H27NO4S/c1-3-14-4-8-16(9-5-14)20(17-10-11-17)25(22,23)18-12-6-15(7-13-18)19(21)24-2/h6-7,12-14,16-17H,3-5,8-11H2,1-2H3. The zero-order valence-electron chi connectivity index (χ0n) is 15.0. The van der Waals surface area contributed by atoms with Crippen LogP contribution in [0.1, 0.15) is 62.2 Å². The number of hydrogen-bond acceptors (Lipinski definition) is 4. The molecule has 0 amide bonds. The van der Waals surface area contributed by atoms with Crippen molar-refractivity contribution in [3.8, 4) is 0 Å². The first-order valence-electron chi connectivity index (χ1n) is 9.19. The van der Waals surface area contributed by atoms with Crippen LogP contribution < -0.4 is 0 Å².